The number of nitrogens with zero attached hydrogens (tertiary/aromatic N) is 2. The van der Waals surface area contributed by atoms with Crippen LogP contribution >= 0.6 is 0 Å². The van der Waals surface area contributed by atoms with Gasteiger partial charge in [0.15, 0.2) is 0 Å². The van der Waals surface area contributed by atoms with Crippen LogP contribution in [0, 0.1) is 6.92 Å². The molecule has 6 heteroatoms. The van der Waals surface area contributed by atoms with Crippen molar-refractivity contribution in [3.05, 3.63) is 102 Å². The third-order valence-corrected chi connectivity index (χ3v) is 5.60. The van der Waals surface area contributed by atoms with Gasteiger partial charge in [-0.1, -0.05) is 29.8 Å². The standard InChI is InChI=1S/C29H28N2O4/c1-5-35-29(32)18-26(21-8-6-20(2)7-9-21)27-19-28(22-10-14-24(33-3)15-11-22)31(30-27)23-12-16-25(34-4)17-13-23/h6-19H,5H2,1-4H3/b26-18-. The Labute approximate surface area is 205 Å². The lowest BCUT2D eigenvalue weighted by atomic mass is 10.00. The van der Waals surface area contributed by atoms with Crippen molar-refractivity contribution in [1.29, 1.82) is 0 Å². The molecule has 0 bridgehead atoms. The summed E-state index contributed by atoms with van der Waals surface area (Å²) >= 11 is 0. The molecule has 0 aliphatic carbocycles. The summed E-state index contributed by atoms with van der Waals surface area (Å²) in [6, 6.07) is 25.5. The summed E-state index contributed by atoms with van der Waals surface area (Å²) in [7, 11) is 3.28. The average Bonchev–Trinajstić information content (AvgIpc) is 3.33. The fourth-order valence-corrected chi connectivity index (χ4v) is 3.74. The molecular formula is C29H28N2O4. The highest BCUT2D eigenvalue weighted by Crippen LogP contribution is 2.31. The molecule has 1 heterocycles. The predicted molar refractivity (Wildman–Crippen MR) is 137 cm³/mol. The molecule has 0 aliphatic heterocycles. The van der Waals surface area contributed by atoms with Crippen molar-refractivity contribution in [3.8, 4) is 28.4 Å². The van der Waals surface area contributed by atoms with Crippen LogP contribution in [0.1, 0.15) is 23.7 Å². The quantitative estimate of drug-likeness (QED) is 0.239. The van der Waals surface area contributed by atoms with Gasteiger partial charge in [-0.25, -0.2) is 9.48 Å². The molecule has 0 fully saturated rings. The van der Waals surface area contributed by atoms with E-state index in [1.807, 2.05) is 90.5 Å². The highest BCUT2D eigenvalue weighted by molar-refractivity contribution is 5.96. The number of carbonyl (C=O) groups is 1. The predicted octanol–water partition coefficient (Wildman–Crippen LogP) is 5.86. The molecule has 0 saturated heterocycles. The van der Waals surface area contributed by atoms with Crippen molar-refractivity contribution in [2.75, 3.05) is 20.8 Å². The van der Waals surface area contributed by atoms with E-state index >= 15 is 0 Å². The molecule has 0 atom stereocenters. The molecule has 4 rings (SSSR count). The molecule has 0 spiro atoms. The minimum Gasteiger partial charge on any atom is -0.497 e. The van der Waals surface area contributed by atoms with Crippen LogP contribution in [0.4, 0.5) is 0 Å². The van der Waals surface area contributed by atoms with E-state index < -0.39 is 5.97 Å². The number of hydrogen-bond donors (Lipinski definition) is 0. The third kappa shape index (κ3) is 5.44. The molecule has 3 aromatic carbocycles. The number of aromatic nitrogens is 2. The smallest absolute Gasteiger partial charge is 0.331 e. The van der Waals surface area contributed by atoms with E-state index in [4.69, 9.17) is 19.3 Å². The summed E-state index contributed by atoms with van der Waals surface area (Å²) in [6.45, 7) is 4.12. The Kier molecular flexibility index (Phi) is 7.31. The van der Waals surface area contributed by atoms with Gasteiger partial charge in [-0.05, 0) is 74.0 Å². The number of esters is 1. The molecule has 1 aromatic heterocycles. The lowest BCUT2D eigenvalue weighted by Gasteiger charge is -2.09. The summed E-state index contributed by atoms with van der Waals surface area (Å²) in [4.78, 5) is 12.5. The van der Waals surface area contributed by atoms with Crippen LogP contribution in [0.25, 0.3) is 22.5 Å². The Morgan fingerprint density at radius 1 is 0.886 bits per heavy atom. The van der Waals surface area contributed by atoms with Gasteiger partial charge in [0.05, 0.1) is 37.9 Å². The normalized spacial score (nSPS) is 11.3. The molecule has 6 nitrogen and oxygen atoms in total. The molecule has 0 amide bonds. The summed E-state index contributed by atoms with van der Waals surface area (Å²) in [5.74, 6) is 1.12. The van der Waals surface area contributed by atoms with Gasteiger partial charge < -0.3 is 14.2 Å². The number of rotatable bonds is 8. The van der Waals surface area contributed by atoms with E-state index in [1.54, 1.807) is 21.1 Å². The highest BCUT2D eigenvalue weighted by Gasteiger charge is 2.18. The van der Waals surface area contributed by atoms with Gasteiger partial charge in [0.2, 0.25) is 0 Å². The molecule has 0 N–H and O–H groups in total. The lowest BCUT2D eigenvalue weighted by Crippen LogP contribution is -2.03. The van der Waals surface area contributed by atoms with Gasteiger partial charge in [-0.2, -0.15) is 5.10 Å². The fraction of sp³-hybridized carbons (Fsp3) is 0.172. The highest BCUT2D eigenvalue weighted by atomic mass is 16.5. The average molecular weight is 469 g/mol. The van der Waals surface area contributed by atoms with Gasteiger partial charge in [0.1, 0.15) is 11.5 Å². The second kappa shape index (κ2) is 10.7. The topological polar surface area (TPSA) is 62.6 Å². The van der Waals surface area contributed by atoms with Crippen LogP contribution in [0.5, 0.6) is 11.5 Å². The second-order valence-corrected chi connectivity index (χ2v) is 7.93. The summed E-state index contributed by atoms with van der Waals surface area (Å²) in [5.41, 5.74) is 6.04. The Morgan fingerprint density at radius 3 is 2.06 bits per heavy atom. The first-order valence-electron chi connectivity index (χ1n) is 11.4. The third-order valence-electron chi connectivity index (χ3n) is 5.60. The first-order valence-corrected chi connectivity index (χ1v) is 11.4. The van der Waals surface area contributed by atoms with E-state index in [-0.39, 0.29) is 0 Å². The van der Waals surface area contributed by atoms with Crippen LogP contribution in [-0.4, -0.2) is 36.6 Å². The molecule has 0 aliphatic rings. The zero-order valence-electron chi connectivity index (χ0n) is 20.3. The van der Waals surface area contributed by atoms with Gasteiger partial charge in [0, 0.05) is 17.2 Å². The van der Waals surface area contributed by atoms with Gasteiger partial charge in [-0.3, -0.25) is 0 Å². The van der Waals surface area contributed by atoms with Crippen molar-refractivity contribution in [1.82, 2.24) is 9.78 Å². The largest absolute Gasteiger partial charge is 0.497 e. The molecule has 0 radical (unpaired) electrons. The molecule has 4 aromatic rings. The van der Waals surface area contributed by atoms with E-state index in [9.17, 15) is 4.79 Å². The summed E-state index contributed by atoms with van der Waals surface area (Å²) in [5, 5.41) is 4.94. The molecule has 35 heavy (non-hydrogen) atoms. The van der Waals surface area contributed by atoms with Crippen molar-refractivity contribution >= 4 is 11.5 Å². The monoisotopic (exact) mass is 468 g/mol. The van der Waals surface area contributed by atoms with Crippen molar-refractivity contribution in [2.24, 2.45) is 0 Å². The van der Waals surface area contributed by atoms with Crippen LogP contribution < -0.4 is 9.47 Å². The van der Waals surface area contributed by atoms with Crippen molar-refractivity contribution in [2.45, 2.75) is 13.8 Å². The minimum atomic E-state index is -0.409. The van der Waals surface area contributed by atoms with E-state index in [0.717, 1.165) is 39.6 Å². The van der Waals surface area contributed by atoms with Crippen LogP contribution in [0.2, 0.25) is 0 Å². The fourth-order valence-electron chi connectivity index (χ4n) is 3.74. The maximum Gasteiger partial charge on any atom is 0.331 e. The summed E-state index contributed by atoms with van der Waals surface area (Å²) < 4.78 is 17.7. The molecule has 0 saturated carbocycles. The maximum absolute atomic E-state index is 12.5. The molecule has 178 valence electrons. The van der Waals surface area contributed by atoms with Crippen LogP contribution in [-0.2, 0) is 9.53 Å². The van der Waals surface area contributed by atoms with Gasteiger partial charge in [-0.15, -0.1) is 0 Å². The van der Waals surface area contributed by atoms with Crippen LogP contribution in [0.15, 0.2) is 84.9 Å². The number of carbonyl (C=O) groups excluding carboxylic acids is 1. The Hall–Kier alpha value is -4.32. The zero-order chi connectivity index (χ0) is 24.8. The SMILES string of the molecule is CCOC(=O)/C=C(/c1ccc(C)cc1)c1cc(-c2ccc(OC)cc2)n(-c2ccc(OC)cc2)n1. The van der Waals surface area contributed by atoms with Crippen molar-refractivity contribution in [3.63, 3.8) is 0 Å². The second-order valence-electron chi connectivity index (χ2n) is 7.93. The number of hydrogen-bond acceptors (Lipinski definition) is 5. The summed E-state index contributed by atoms with van der Waals surface area (Å²) in [6.07, 6.45) is 1.51. The Balaban J connectivity index is 1.89. The minimum absolute atomic E-state index is 0.300. The Bertz CT molecular complexity index is 1250. The van der Waals surface area contributed by atoms with E-state index in [2.05, 4.69) is 0 Å². The maximum atomic E-state index is 12.5. The first kappa shape index (κ1) is 23.8. The van der Waals surface area contributed by atoms with Crippen LogP contribution in [0.3, 0.4) is 0 Å². The number of ether oxygens (including phenoxy) is 3. The van der Waals surface area contributed by atoms with E-state index in [1.165, 1.54) is 6.08 Å². The van der Waals surface area contributed by atoms with Crippen molar-refractivity contribution < 1.29 is 19.0 Å². The zero-order valence-corrected chi connectivity index (χ0v) is 20.3. The first-order chi connectivity index (χ1) is 17.0. The number of methoxy groups -OCH3 is 2. The number of aryl methyl sites for hydroxylation is 1. The number of benzene rings is 3. The Morgan fingerprint density at radius 2 is 1.49 bits per heavy atom. The lowest BCUT2D eigenvalue weighted by molar-refractivity contribution is -0.137. The van der Waals surface area contributed by atoms with E-state index in [0.29, 0.717) is 17.9 Å². The van der Waals surface area contributed by atoms with Gasteiger partial charge >= 0.3 is 5.97 Å². The van der Waals surface area contributed by atoms with Gasteiger partial charge in [0.25, 0.3) is 0 Å². The molecule has 0 unspecified atom stereocenters. The molecular weight excluding hydrogens is 440 g/mol.